The smallest absolute Gasteiger partial charge is 0.264 e. The topological polar surface area (TPSA) is 75.7 Å². The number of carbonyl (C=O) groups is 1. The van der Waals surface area contributed by atoms with Crippen molar-refractivity contribution in [3.05, 3.63) is 90.0 Å². The van der Waals surface area contributed by atoms with Crippen LogP contribution in [-0.4, -0.2) is 34.0 Å². The number of hydrogen-bond acceptors (Lipinski definition) is 4. The van der Waals surface area contributed by atoms with E-state index in [-0.39, 0.29) is 23.9 Å². The summed E-state index contributed by atoms with van der Waals surface area (Å²) in [5, 5.41) is 2.60. The van der Waals surface area contributed by atoms with Crippen molar-refractivity contribution in [2.24, 2.45) is 0 Å². The van der Waals surface area contributed by atoms with Crippen LogP contribution in [0.3, 0.4) is 0 Å². The Morgan fingerprint density at radius 1 is 0.906 bits per heavy atom. The van der Waals surface area contributed by atoms with Crippen molar-refractivity contribution >= 4 is 21.6 Å². The molecule has 0 aromatic heterocycles. The summed E-state index contributed by atoms with van der Waals surface area (Å²) in [5.41, 5.74) is 1.23. The number of carbonyl (C=O) groups excluding carboxylic acids is 1. The Bertz CT molecular complexity index is 1150. The van der Waals surface area contributed by atoms with Gasteiger partial charge in [0, 0.05) is 0 Å². The van der Waals surface area contributed by atoms with Gasteiger partial charge >= 0.3 is 0 Å². The number of anilines is 1. The summed E-state index contributed by atoms with van der Waals surface area (Å²) in [6.45, 7) is 1.62. The van der Waals surface area contributed by atoms with Crippen LogP contribution in [0, 0.1) is 18.6 Å². The third kappa shape index (κ3) is 6.04. The molecule has 1 N–H and O–H groups in total. The van der Waals surface area contributed by atoms with Crippen LogP contribution in [0.2, 0.25) is 0 Å². The summed E-state index contributed by atoms with van der Waals surface area (Å²) >= 11 is 0. The van der Waals surface area contributed by atoms with E-state index in [4.69, 9.17) is 4.74 Å². The van der Waals surface area contributed by atoms with E-state index < -0.39 is 28.3 Å². The van der Waals surface area contributed by atoms with Crippen molar-refractivity contribution in [1.82, 2.24) is 5.32 Å². The molecule has 9 heteroatoms. The number of benzene rings is 3. The minimum absolute atomic E-state index is 0.118. The summed E-state index contributed by atoms with van der Waals surface area (Å²) in [6, 6.07) is 16.5. The molecule has 0 spiro atoms. The molecule has 3 aromatic carbocycles. The second-order valence-corrected chi connectivity index (χ2v) is 8.82. The molecule has 3 aromatic rings. The molecule has 0 saturated heterocycles. The normalized spacial score (nSPS) is 11.1. The maximum atomic E-state index is 13.3. The first-order valence-corrected chi connectivity index (χ1v) is 11.2. The van der Waals surface area contributed by atoms with E-state index in [2.05, 4.69) is 5.32 Å². The van der Waals surface area contributed by atoms with Gasteiger partial charge in [0.05, 0.1) is 17.1 Å². The van der Waals surface area contributed by atoms with Crippen molar-refractivity contribution in [3.63, 3.8) is 0 Å². The van der Waals surface area contributed by atoms with E-state index in [9.17, 15) is 22.0 Å². The summed E-state index contributed by atoms with van der Waals surface area (Å²) < 4.78 is 58.9. The number of halogens is 2. The van der Waals surface area contributed by atoms with Gasteiger partial charge in [-0.1, -0.05) is 17.7 Å². The molecule has 0 heterocycles. The van der Waals surface area contributed by atoms with Crippen LogP contribution >= 0.6 is 0 Å². The number of nitrogens with zero attached hydrogens (tertiary/aromatic N) is 1. The number of sulfonamides is 1. The minimum Gasteiger partial charge on any atom is -0.492 e. The first-order valence-electron chi connectivity index (χ1n) is 9.76. The van der Waals surface area contributed by atoms with Gasteiger partial charge in [0.1, 0.15) is 30.5 Å². The van der Waals surface area contributed by atoms with Crippen LogP contribution in [0.1, 0.15) is 5.56 Å². The lowest BCUT2D eigenvalue weighted by Gasteiger charge is -2.24. The van der Waals surface area contributed by atoms with Gasteiger partial charge < -0.3 is 10.1 Å². The zero-order valence-corrected chi connectivity index (χ0v) is 18.1. The fourth-order valence-electron chi connectivity index (χ4n) is 2.84. The van der Waals surface area contributed by atoms with E-state index in [0.717, 1.165) is 34.1 Å². The lowest BCUT2D eigenvalue weighted by Crippen LogP contribution is -2.41. The van der Waals surface area contributed by atoms with E-state index in [1.807, 2.05) is 6.92 Å². The number of nitrogens with one attached hydrogen (secondary N) is 1. The molecule has 0 unspecified atom stereocenters. The number of amides is 1. The third-order valence-electron chi connectivity index (χ3n) is 4.52. The van der Waals surface area contributed by atoms with Crippen molar-refractivity contribution in [1.29, 1.82) is 0 Å². The molecule has 3 rings (SSSR count). The summed E-state index contributed by atoms with van der Waals surface area (Å²) in [5.74, 6) is -1.05. The first kappa shape index (κ1) is 23.2. The largest absolute Gasteiger partial charge is 0.492 e. The van der Waals surface area contributed by atoms with Gasteiger partial charge in [-0.3, -0.25) is 9.10 Å². The Labute approximate surface area is 185 Å². The molecule has 0 aliphatic carbocycles. The van der Waals surface area contributed by atoms with Crippen LogP contribution in [0.4, 0.5) is 14.5 Å². The highest BCUT2D eigenvalue weighted by Gasteiger charge is 2.27. The van der Waals surface area contributed by atoms with Crippen LogP contribution in [0.25, 0.3) is 0 Å². The maximum absolute atomic E-state index is 13.3. The highest BCUT2D eigenvalue weighted by molar-refractivity contribution is 7.92. The molecular formula is C23H22F2N2O4S. The summed E-state index contributed by atoms with van der Waals surface area (Å²) in [7, 11) is -4.12. The molecule has 0 saturated carbocycles. The molecule has 0 radical (unpaired) electrons. The number of aryl methyl sites for hydroxylation is 1. The Hall–Kier alpha value is -3.46. The fourth-order valence-corrected chi connectivity index (χ4v) is 4.26. The molecule has 32 heavy (non-hydrogen) atoms. The molecular weight excluding hydrogens is 438 g/mol. The molecule has 0 atom stereocenters. The lowest BCUT2D eigenvalue weighted by molar-refractivity contribution is -0.119. The Kier molecular flexibility index (Phi) is 7.42. The van der Waals surface area contributed by atoms with Crippen LogP contribution in [0.15, 0.2) is 77.7 Å². The second-order valence-electron chi connectivity index (χ2n) is 6.95. The van der Waals surface area contributed by atoms with E-state index >= 15 is 0 Å². The van der Waals surface area contributed by atoms with Crippen molar-refractivity contribution < 1.29 is 26.7 Å². The second kappa shape index (κ2) is 10.2. The van der Waals surface area contributed by atoms with Gasteiger partial charge in [-0.15, -0.1) is 0 Å². The number of ether oxygens (including phenoxy) is 1. The number of rotatable bonds is 9. The Morgan fingerprint density at radius 2 is 1.47 bits per heavy atom. The fraction of sp³-hybridized carbons (Fsp3) is 0.174. The zero-order chi connectivity index (χ0) is 23.1. The monoisotopic (exact) mass is 460 g/mol. The number of hydrogen-bond donors (Lipinski definition) is 1. The van der Waals surface area contributed by atoms with Gasteiger partial charge in [-0.25, -0.2) is 17.2 Å². The predicted molar refractivity (Wildman–Crippen MR) is 117 cm³/mol. The highest BCUT2D eigenvalue weighted by atomic mass is 32.2. The molecule has 0 aliphatic rings. The van der Waals surface area contributed by atoms with Gasteiger partial charge in [0.15, 0.2) is 0 Å². The van der Waals surface area contributed by atoms with Crippen molar-refractivity contribution in [2.45, 2.75) is 11.8 Å². The van der Waals surface area contributed by atoms with Crippen molar-refractivity contribution in [3.8, 4) is 5.75 Å². The van der Waals surface area contributed by atoms with Crippen molar-refractivity contribution in [2.75, 3.05) is 24.0 Å². The zero-order valence-electron chi connectivity index (χ0n) is 17.3. The van der Waals surface area contributed by atoms with Crippen LogP contribution in [-0.2, 0) is 14.8 Å². The lowest BCUT2D eigenvalue weighted by atomic mass is 10.2. The third-order valence-corrected chi connectivity index (χ3v) is 6.31. The summed E-state index contributed by atoms with van der Waals surface area (Å²) in [4.78, 5) is 12.4. The molecule has 0 aliphatic heterocycles. The standard InChI is InChI=1S/C23H22F2N2O4S/c1-17-2-8-20(9-3-17)27(32(29,30)22-12-6-19(25)7-13-22)16-23(28)26-14-15-31-21-10-4-18(24)5-11-21/h2-13H,14-16H2,1H3,(H,26,28). The van der Waals surface area contributed by atoms with Crippen LogP contribution in [0.5, 0.6) is 5.75 Å². The van der Waals surface area contributed by atoms with Crippen LogP contribution < -0.4 is 14.4 Å². The Morgan fingerprint density at radius 3 is 2.06 bits per heavy atom. The van der Waals surface area contributed by atoms with Gasteiger partial charge in [0.2, 0.25) is 5.91 Å². The highest BCUT2D eigenvalue weighted by Crippen LogP contribution is 2.24. The van der Waals surface area contributed by atoms with Gasteiger partial charge in [-0.2, -0.15) is 0 Å². The molecule has 0 fully saturated rings. The average Bonchev–Trinajstić information content (AvgIpc) is 2.77. The quantitative estimate of drug-likeness (QED) is 0.495. The molecule has 1 amide bonds. The maximum Gasteiger partial charge on any atom is 0.264 e. The van der Waals surface area contributed by atoms with Gasteiger partial charge in [0.25, 0.3) is 10.0 Å². The van der Waals surface area contributed by atoms with E-state index in [1.165, 1.54) is 24.3 Å². The first-order chi connectivity index (χ1) is 15.3. The molecule has 168 valence electrons. The predicted octanol–water partition coefficient (Wildman–Crippen LogP) is 3.66. The molecule has 6 nitrogen and oxygen atoms in total. The summed E-state index contributed by atoms with van der Waals surface area (Å²) in [6.07, 6.45) is 0. The Balaban J connectivity index is 1.69. The van der Waals surface area contributed by atoms with Gasteiger partial charge in [-0.05, 0) is 67.6 Å². The molecule has 0 bridgehead atoms. The van der Waals surface area contributed by atoms with E-state index in [1.54, 1.807) is 24.3 Å². The average molecular weight is 461 g/mol. The van der Waals surface area contributed by atoms with E-state index in [0.29, 0.717) is 11.4 Å². The SMILES string of the molecule is Cc1ccc(N(CC(=O)NCCOc2ccc(F)cc2)S(=O)(=O)c2ccc(F)cc2)cc1. The minimum atomic E-state index is -4.12.